The molecule has 0 radical (unpaired) electrons. The summed E-state index contributed by atoms with van der Waals surface area (Å²) in [7, 11) is -3.00. The molecule has 1 aliphatic heterocycles. The average Bonchev–Trinajstić information content (AvgIpc) is 2.38. The molecule has 4 nitrogen and oxygen atoms in total. The molecule has 1 heterocycles. The Kier molecular flexibility index (Phi) is 8.07. The summed E-state index contributed by atoms with van der Waals surface area (Å²) in [6, 6.07) is 1.03. The van der Waals surface area contributed by atoms with Crippen LogP contribution in [0, 0.1) is 0 Å². The fourth-order valence-electron chi connectivity index (χ4n) is 2.89. The van der Waals surface area contributed by atoms with E-state index in [1.165, 1.54) is 44.8 Å². The average molecular weight is 305 g/mol. The molecule has 1 aliphatic rings. The van der Waals surface area contributed by atoms with E-state index in [9.17, 15) is 8.42 Å². The Hall–Kier alpha value is -0.130. The fraction of sp³-hybridized carbons (Fsp3) is 1.00. The second kappa shape index (κ2) is 9.00. The first kappa shape index (κ1) is 17.9. The van der Waals surface area contributed by atoms with E-state index in [4.69, 9.17) is 0 Å². The number of sulfonamides is 1. The quantitative estimate of drug-likeness (QED) is 0.666. The van der Waals surface area contributed by atoms with E-state index in [1.54, 1.807) is 4.31 Å². The second-order valence-corrected chi connectivity index (χ2v) is 8.19. The SMILES string of the molecule is CCCCCCCC(C)NC1CCN(S(C)(=O)=O)CC1. The minimum absolute atomic E-state index is 0.485. The monoisotopic (exact) mass is 304 g/mol. The van der Waals surface area contributed by atoms with Crippen molar-refractivity contribution in [3.05, 3.63) is 0 Å². The van der Waals surface area contributed by atoms with Gasteiger partial charge in [-0.15, -0.1) is 0 Å². The van der Waals surface area contributed by atoms with Crippen molar-refractivity contribution < 1.29 is 8.42 Å². The number of hydrogen-bond acceptors (Lipinski definition) is 3. The Morgan fingerprint density at radius 3 is 2.30 bits per heavy atom. The van der Waals surface area contributed by atoms with Crippen molar-refractivity contribution >= 4 is 10.0 Å². The van der Waals surface area contributed by atoms with Gasteiger partial charge in [-0.05, 0) is 26.2 Å². The lowest BCUT2D eigenvalue weighted by molar-refractivity contribution is 0.273. The Morgan fingerprint density at radius 1 is 1.15 bits per heavy atom. The summed E-state index contributed by atoms with van der Waals surface area (Å²) in [6.07, 6.45) is 11.1. The maximum Gasteiger partial charge on any atom is 0.211 e. The molecule has 1 N–H and O–H groups in total. The van der Waals surface area contributed by atoms with Gasteiger partial charge >= 0.3 is 0 Å². The fourth-order valence-corrected chi connectivity index (χ4v) is 3.77. The minimum Gasteiger partial charge on any atom is -0.311 e. The number of rotatable bonds is 9. The summed E-state index contributed by atoms with van der Waals surface area (Å²) >= 11 is 0. The van der Waals surface area contributed by atoms with Crippen LogP contribution < -0.4 is 5.32 Å². The van der Waals surface area contributed by atoms with Gasteiger partial charge in [0.1, 0.15) is 0 Å². The zero-order chi connectivity index (χ0) is 15.0. The zero-order valence-electron chi connectivity index (χ0n) is 13.4. The predicted molar refractivity (Wildman–Crippen MR) is 85.4 cm³/mol. The Morgan fingerprint density at radius 2 is 1.75 bits per heavy atom. The molecule has 0 aliphatic carbocycles. The van der Waals surface area contributed by atoms with Gasteiger partial charge in [-0.1, -0.05) is 39.0 Å². The number of unbranched alkanes of at least 4 members (excludes halogenated alkanes) is 4. The molecule has 120 valence electrons. The Balaban J connectivity index is 2.13. The molecule has 0 amide bonds. The van der Waals surface area contributed by atoms with Crippen molar-refractivity contribution in [2.45, 2.75) is 77.3 Å². The standard InChI is InChI=1S/C15H32N2O2S/c1-4-5-6-7-8-9-14(2)16-15-10-12-17(13-11-15)20(3,18)19/h14-16H,4-13H2,1-3H3. The Bertz CT molecular complexity index is 349. The van der Waals surface area contributed by atoms with Crippen LogP contribution in [0.5, 0.6) is 0 Å². The lowest BCUT2D eigenvalue weighted by atomic mass is 10.0. The third kappa shape index (κ3) is 7.04. The smallest absolute Gasteiger partial charge is 0.211 e. The van der Waals surface area contributed by atoms with Crippen molar-refractivity contribution in [3.63, 3.8) is 0 Å². The van der Waals surface area contributed by atoms with Crippen LogP contribution in [0.3, 0.4) is 0 Å². The van der Waals surface area contributed by atoms with Crippen molar-refractivity contribution in [2.24, 2.45) is 0 Å². The van der Waals surface area contributed by atoms with Crippen LogP contribution in [0.25, 0.3) is 0 Å². The van der Waals surface area contributed by atoms with Crippen molar-refractivity contribution in [2.75, 3.05) is 19.3 Å². The van der Waals surface area contributed by atoms with E-state index in [-0.39, 0.29) is 0 Å². The van der Waals surface area contributed by atoms with Gasteiger partial charge in [-0.25, -0.2) is 12.7 Å². The first-order chi connectivity index (χ1) is 9.43. The van der Waals surface area contributed by atoms with E-state index in [1.807, 2.05) is 0 Å². The minimum atomic E-state index is -3.00. The van der Waals surface area contributed by atoms with E-state index in [2.05, 4.69) is 19.2 Å². The molecule has 1 fully saturated rings. The molecule has 0 aromatic rings. The van der Waals surface area contributed by atoms with Crippen LogP contribution in [0.15, 0.2) is 0 Å². The molecule has 0 bridgehead atoms. The summed E-state index contributed by atoms with van der Waals surface area (Å²) in [5, 5.41) is 3.66. The van der Waals surface area contributed by atoms with Crippen molar-refractivity contribution in [1.82, 2.24) is 9.62 Å². The Labute approximate surface area is 125 Å². The number of hydrogen-bond donors (Lipinski definition) is 1. The van der Waals surface area contributed by atoms with Crippen LogP contribution >= 0.6 is 0 Å². The summed E-state index contributed by atoms with van der Waals surface area (Å²) in [6.45, 7) is 5.83. The summed E-state index contributed by atoms with van der Waals surface area (Å²) in [4.78, 5) is 0. The molecule has 1 atom stereocenters. The van der Waals surface area contributed by atoms with Crippen LogP contribution in [-0.4, -0.2) is 44.2 Å². The molecule has 5 heteroatoms. The maximum atomic E-state index is 11.4. The zero-order valence-corrected chi connectivity index (χ0v) is 14.2. The maximum absolute atomic E-state index is 11.4. The van der Waals surface area contributed by atoms with Crippen molar-refractivity contribution in [1.29, 1.82) is 0 Å². The first-order valence-electron chi connectivity index (χ1n) is 8.14. The van der Waals surface area contributed by atoms with E-state index < -0.39 is 10.0 Å². The van der Waals surface area contributed by atoms with Crippen LogP contribution in [0.4, 0.5) is 0 Å². The normalized spacial score (nSPS) is 20.1. The van der Waals surface area contributed by atoms with Gasteiger partial charge in [-0.3, -0.25) is 0 Å². The molecule has 20 heavy (non-hydrogen) atoms. The summed E-state index contributed by atoms with van der Waals surface area (Å²) in [5.74, 6) is 0. The van der Waals surface area contributed by atoms with Crippen LogP contribution in [0.2, 0.25) is 0 Å². The van der Waals surface area contributed by atoms with Crippen LogP contribution in [-0.2, 0) is 10.0 Å². The molecule has 0 spiro atoms. The second-order valence-electron chi connectivity index (χ2n) is 6.21. The van der Waals surface area contributed by atoms with E-state index in [0.717, 1.165) is 12.8 Å². The molecule has 0 saturated carbocycles. The van der Waals surface area contributed by atoms with Crippen molar-refractivity contribution in [3.8, 4) is 0 Å². The van der Waals surface area contributed by atoms with Gasteiger partial charge in [0.15, 0.2) is 0 Å². The van der Waals surface area contributed by atoms with Gasteiger partial charge in [0.25, 0.3) is 0 Å². The van der Waals surface area contributed by atoms with E-state index in [0.29, 0.717) is 25.2 Å². The highest BCUT2D eigenvalue weighted by molar-refractivity contribution is 7.88. The highest BCUT2D eigenvalue weighted by Gasteiger charge is 2.25. The lowest BCUT2D eigenvalue weighted by Crippen LogP contribution is -2.46. The van der Waals surface area contributed by atoms with E-state index >= 15 is 0 Å². The first-order valence-corrected chi connectivity index (χ1v) is 9.99. The predicted octanol–water partition coefficient (Wildman–Crippen LogP) is 2.75. The third-order valence-corrected chi connectivity index (χ3v) is 5.49. The number of nitrogens with one attached hydrogen (secondary N) is 1. The van der Waals surface area contributed by atoms with Gasteiger partial charge in [0.05, 0.1) is 6.26 Å². The number of nitrogens with zero attached hydrogens (tertiary/aromatic N) is 1. The lowest BCUT2D eigenvalue weighted by Gasteiger charge is -2.32. The molecule has 0 aromatic carbocycles. The van der Waals surface area contributed by atoms with Gasteiger partial charge < -0.3 is 5.32 Å². The largest absolute Gasteiger partial charge is 0.311 e. The summed E-state index contributed by atoms with van der Waals surface area (Å²) in [5.41, 5.74) is 0. The highest BCUT2D eigenvalue weighted by atomic mass is 32.2. The molecule has 1 saturated heterocycles. The number of piperidine rings is 1. The molecular formula is C15H32N2O2S. The highest BCUT2D eigenvalue weighted by Crippen LogP contribution is 2.15. The summed E-state index contributed by atoms with van der Waals surface area (Å²) < 4.78 is 24.5. The van der Waals surface area contributed by atoms with Gasteiger partial charge in [0, 0.05) is 25.2 Å². The van der Waals surface area contributed by atoms with Gasteiger partial charge in [-0.2, -0.15) is 0 Å². The molecule has 0 aromatic heterocycles. The third-order valence-electron chi connectivity index (χ3n) is 4.18. The molecular weight excluding hydrogens is 272 g/mol. The molecule has 1 unspecified atom stereocenters. The van der Waals surface area contributed by atoms with Crippen LogP contribution in [0.1, 0.15) is 65.2 Å². The van der Waals surface area contributed by atoms with Gasteiger partial charge in [0.2, 0.25) is 10.0 Å². The topological polar surface area (TPSA) is 49.4 Å². The molecule has 1 rings (SSSR count).